The fraction of sp³-hybridized carbons (Fsp3) is 0.538. The van der Waals surface area contributed by atoms with Crippen molar-refractivity contribution in [3.8, 4) is 0 Å². The van der Waals surface area contributed by atoms with Crippen LogP contribution in [0.1, 0.15) is 36.8 Å². The van der Waals surface area contributed by atoms with E-state index in [0.29, 0.717) is 6.04 Å². The van der Waals surface area contributed by atoms with E-state index < -0.39 is 0 Å². The van der Waals surface area contributed by atoms with Gasteiger partial charge in [0.25, 0.3) is 0 Å². The first-order valence-corrected chi connectivity index (χ1v) is 6.26. The fourth-order valence-corrected chi connectivity index (χ4v) is 1.92. The third-order valence-corrected chi connectivity index (χ3v) is 3.01. The second-order valence-corrected chi connectivity index (χ2v) is 4.96. The molecule has 0 saturated heterocycles. The Bertz CT molecular complexity index is 541. The lowest BCUT2D eigenvalue weighted by atomic mass is 10.2. The van der Waals surface area contributed by atoms with Crippen molar-refractivity contribution in [1.29, 1.82) is 0 Å². The van der Waals surface area contributed by atoms with E-state index in [1.807, 2.05) is 36.3 Å². The Balaban J connectivity index is 0.00000180. The van der Waals surface area contributed by atoms with Crippen LogP contribution in [-0.2, 0) is 13.6 Å². The normalized spacial score (nSPS) is 10.6. The Morgan fingerprint density at radius 3 is 2.42 bits per heavy atom. The molecule has 0 saturated carbocycles. The van der Waals surface area contributed by atoms with E-state index in [-0.39, 0.29) is 12.4 Å². The summed E-state index contributed by atoms with van der Waals surface area (Å²) in [5.74, 6) is 1.03. The minimum atomic E-state index is 0. The summed E-state index contributed by atoms with van der Waals surface area (Å²) in [6.45, 7) is 9.08. The number of aromatic nitrogens is 4. The maximum Gasteiger partial charge on any atom is 0.124 e. The van der Waals surface area contributed by atoms with E-state index in [1.54, 1.807) is 0 Å². The number of nitrogens with zero attached hydrogens (tertiary/aromatic N) is 4. The first-order chi connectivity index (χ1) is 8.47. The van der Waals surface area contributed by atoms with Crippen LogP contribution in [0.3, 0.4) is 0 Å². The van der Waals surface area contributed by atoms with Crippen LogP contribution in [0.2, 0.25) is 0 Å². The molecule has 0 amide bonds. The predicted octanol–water partition coefficient (Wildman–Crippen LogP) is 2.85. The highest BCUT2D eigenvalue weighted by Crippen LogP contribution is 2.14. The van der Waals surface area contributed by atoms with Gasteiger partial charge in [-0.25, -0.2) is 0 Å². The molecule has 0 atom stereocenters. The molecule has 0 unspecified atom stereocenters. The van der Waals surface area contributed by atoms with E-state index in [1.165, 1.54) is 5.56 Å². The summed E-state index contributed by atoms with van der Waals surface area (Å²) in [4.78, 5) is 0. The zero-order valence-corrected chi connectivity index (χ0v) is 13.0. The highest BCUT2D eigenvalue weighted by molar-refractivity contribution is 5.85. The first kappa shape index (κ1) is 15.6. The van der Waals surface area contributed by atoms with Gasteiger partial charge in [0.15, 0.2) is 0 Å². The lowest BCUT2D eigenvalue weighted by Gasteiger charge is -2.05. The average Bonchev–Trinajstić information content (AvgIpc) is 2.79. The smallest absolute Gasteiger partial charge is 0.124 e. The lowest BCUT2D eigenvalue weighted by Crippen LogP contribution is -2.05. The van der Waals surface area contributed by atoms with Crippen LogP contribution in [-0.4, -0.2) is 19.6 Å². The lowest BCUT2D eigenvalue weighted by molar-refractivity contribution is 0.529. The Morgan fingerprint density at radius 1 is 1.26 bits per heavy atom. The third kappa shape index (κ3) is 3.50. The molecule has 0 aromatic carbocycles. The van der Waals surface area contributed by atoms with Crippen molar-refractivity contribution in [2.45, 2.75) is 40.3 Å². The highest BCUT2D eigenvalue weighted by Gasteiger charge is 2.08. The molecule has 2 heterocycles. The summed E-state index contributed by atoms with van der Waals surface area (Å²) in [6, 6.07) is 2.44. The van der Waals surface area contributed by atoms with E-state index in [2.05, 4.69) is 35.6 Å². The Kier molecular flexibility index (Phi) is 5.00. The van der Waals surface area contributed by atoms with E-state index in [9.17, 15) is 0 Å². The Morgan fingerprint density at radius 2 is 1.95 bits per heavy atom. The number of hydrogen-bond donors (Lipinski definition) is 1. The maximum atomic E-state index is 4.50. The van der Waals surface area contributed by atoms with Crippen LogP contribution in [0.15, 0.2) is 12.3 Å². The van der Waals surface area contributed by atoms with Crippen LogP contribution in [0, 0.1) is 13.8 Å². The molecular weight excluding hydrogens is 262 g/mol. The van der Waals surface area contributed by atoms with Crippen molar-refractivity contribution < 1.29 is 0 Å². The average molecular weight is 284 g/mol. The van der Waals surface area contributed by atoms with Gasteiger partial charge in [0.05, 0.1) is 11.4 Å². The summed E-state index contributed by atoms with van der Waals surface area (Å²) < 4.78 is 3.86. The zero-order chi connectivity index (χ0) is 13.3. The standard InChI is InChI=1S/C13H21N5.ClH/c1-9(2)18-8-12(11(4)16-18)7-14-13-6-10(3)15-17(13)5;/h6,8-9,14H,7H2,1-5H3;1H. The predicted molar refractivity (Wildman–Crippen MR) is 79.9 cm³/mol. The van der Waals surface area contributed by atoms with Crippen molar-refractivity contribution >= 4 is 18.2 Å². The Labute approximate surface area is 120 Å². The number of aryl methyl sites for hydroxylation is 3. The van der Waals surface area contributed by atoms with Gasteiger partial charge in [-0.1, -0.05) is 0 Å². The number of rotatable bonds is 4. The molecule has 2 aromatic heterocycles. The summed E-state index contributed by atoms with van der Waals surface area (Å²) in [7, 11) is 1.94. The van der Waals surface area contributed by atoms with Gasteiger partial charge in [0.2, 0.25) is 0 Å². The molecule has 0 radical (unpaired) electrons. The number of halogens is 1. The quantitative estimate of drug-likeness (QED) is 0.939. The molecule has 106 valence electrons. The van der Waals surface area contributed by atoms with Crippen LogP contribution >= 0.6 is 12.4 Å². The van der Waals surface area contributed by atoms with Crippen LogP contribution in [0.4, 0.5) is 5.82 Å². The minimum absolute atomic E-state index is 0. The van der Waals surface area contributed by atoms with Gasteiger partial charge in [0, 0.05) is 37.5 Å². The molecular formula is C13H22ClN5. The molecule has 1 N–H and O–H groups in total. The van der Waals surface area contributed by atoms with Gasteiger partial charge in [-0.15, -0.1) is 12.4 Å². The molecule has 0 spiro atoms. The summed E-state index contributed by atoms with van der Waals surface area (Å²) in [5.41, 5.74) is 3.33. The zero-order valence-electron chi connectivity index (χ0n) is 12.1. The van der Waals surface area contributed by atoms with Crippen molar-refractivity contribution in [2.24, 2.45) is 7.05 Å². The molecule has 2 rings (SSSR count). The first-order valence-electron chi connectivity index (χ1n) is 6.26. The molecule has 0 bridgehead atoms. The van der Waals surface area contributed by atoms with Gasteiger partial charge in [-0.3, -0.25) is 9.36 Å². The van der Waals surface area contributed by atoms with Crippen molar-refractivity contribution in [3.63, 3.8) is 0 Å². The van der Waals surface area contributed by atoms with Gasteiger partial charge in [-0.2, -0.15) is 10.2 Å². The maximum absolute atomic E-state index is 4.50. The second-order valence-electron chi connectivity index (χ2n) is 4.96. The van der Waals surface area contributed by atoms with Crippen molar-refractivity contribution in [1.82, 2.24) is 19.6 Å². The van der Waals surface area contributed by atoms with Crippen LogP contribution in [0.5, 0.6) is 0 Å². The van der Waals surface area contributed by atoms with Gasteiger partial charge in [-0.05, 0) is 27.7 Å². The number of hydrogen-bond acceptors (Lipinski definition) is 3. The van der Waals surface area contributed by atoms with Crippen LogP contribution < -0.4 is 5.32 Å². The number of nitrogens with one attached hydrogen (secondary N) is 1. The summed E-state index contributed by atoms with van der Waals surface area (Å²) >= 11 is 0. The molecule has 0 aliphatic carbocycles. The number of anilines is 1. The topological polar surface area (TPSA) is 47.7 Å². The van der Waals surface area contributed by atoms with Gasteiger partial charge >= 0.3 is 0 Å². The molecule has 0 aliphatic rings. The molecule has 0 fully saturated rings. The fourth-order valence-electron chi connectivity index (χ4n) is 1.92. The Hall–Kier alpha value is -1.49. The summed E-state index contributed by atoms with van der Waals surface area (Å²) in [6.07, 6.45) is 2.11. The SMILES string of the molecule is Cc1cc(NCc2cn(C(C)C)nc2C)n(C)n1.Cl. The van der Waals surface area contributed by atoms with Gasteiger partial charge in [0.1, 0.15) is 5.82 Å². The summed E-state index contributed by atoms with van der Waals surface area (Å²) in [5, 5.41) is 12.2. The largest absolute Gasteiger partial charge is 0.366 e. The second kappa shape index (κ2) is 6.10. The third-order valence-electron chi connectivity index (χ3n) is 3.01. The minimum Gasteiger partial charge on any atom is -0.366 e. The molecule has 6 heteroatoms. The molecule has 5 nitrogen and oxygen atoms in total. The molecule has 19 heavy (non-hydrogen) atoms. The van der Waals surface area contributed by atoms with E-state index >= 15 is 0 Å². The highest BCUT2D eigenvalue weighted by atomic mass is 35.5. The van der Waals surface area contributed by atoms with Crippen molar-refractivity contribution in [3.05, 3.63) is 29.2 Å². The van der Waals surface area contributed by atoms with E-state index in [0.717, 1.165) is 23.8 Å². The van der Waals surface area contributed by atoms with Gasteiger partial charge < -0.3 is 5.32 Å². The van der Waals surface area contributed by atoms with Crippen molar-refractivity contribution in [2.75, 3.05) is 5.32 Å². The molecule has 2 aromatic rings. The molecule has 0 aliphatic heterocycles. The van der Waals surface area contributed by atoms with E-state index in [4.69, 9.17) is 0 Å². The van der Waals surface area contributed by atoms with Crippen LogP contribution in [0.25, 0.3) is 0 Å². The monoisotopic (exact) mass is 283 g/mol.